The molecule has 0 saturated carbocycles. The molecule has 1 spiro atoms. The van der Waals surface area contributed by atoms with Crippen molar-refractivity contribution in [2.75, 3.05) is 26.2 Å². The Hall–Kier alpha value is -1.58. The molecule has 26 heavy (non-hydrogen) atoms. The number of nitrogens with zero attached hydrogens (tertiary/aromatic N) is 4. The van der Waals surface area contributed by atoms with Crippen LogP contribution in [0.1, 0.15) is 36.5 Å². The summed E-state index contributed by atoms with van der Waals surface area (Å²) in [7, 11) is -3.40. The number of hydrogen-bond donors (Lipinski definition) is 0. The van der Waals surface area contributed by atoms with E-state index in [0.29, 0.717) is 26.1 Å². The van der Waals surface area contributed by atoms with Gasteiger partial charge in [0, 0.05) is 25.8 Å². The van der Waals surface area contributed by atoms with E-state index in [2.05, 4.69) is 9.97 Å². The number of likely N-dealkylation sites (tertiary alicyclic amines) is 1. The second-order valence-corrected chi connectivity index (χ2v) is 10.1. The van der Waals surface area contributed by atoms with Gasteiger partial charge in [0.15, 0.2) is 0 Å². The molecule has 8 nitrogen and oxygen atoms in total. The molecule has 1 aromatic heterocycles. The molecule has 3 atom stereocenters. The number of aryl methyl sites for hydroxylation is 1. The monoisotopic (exact) mass is 380 g/mol. The van der Waals surface area contributed by atoms with Crippen molar-refractivity contribution in [3.05, 3.63) is 23.8 Å². The van der Waals surface area contributed by atoms with Crippen molar-refractivity contribution < 1.29 is 17.9 Å². The SMILES string of the molecule is Cc1cnc(C(=O)N2C[C@H]3C[C@@H]4[C@@](C2)(CN(CC(C)C)S4(=O)=O)O3)cn1. The second-order valence-electron chi connectivity index (χ2n) is 7.99. The molecule has 0 unspecified atom stereocenters. The van der Waals surface area contributed by atoms with Gasteiger partial charge >= 0.3 is 0 Å². The zero-order valence-corrected chi connectivity index (χ0v) is 16.1. The third-order valence-corrected chi connectivity index (χ3v) is 7.71. The number of rotatable bonds is 3. The van der Waals surface area contributed by atoms with Gasteiger partial charge in [0.2, 0.25) is 10.0 Å². The van der Waals surface area contributed by atoms with Gasteiger partial charge < -0.3 is 9.64 Å². The molecule has 142 valence electrons. The van der Waals surface area contributed by atoms with Crippen LogP contribution in [-0.4, -0.2) is 76.6 Å². The molecule has 3 saturated heterocycles. The Bertz CT molecular complexity index is 826. The molecule has 9 heteroatoms. The summed E-state index contributed by atoms with van der Waals surface area (Å²) in [6, 6.07) is 0. The molecular weight excluding hydrogens is 356 g/mol. The predicted octanol–water partition coefficient (Wildman–Crippen LogP) is 0.439. The van der Waals surface area contributed by atoms with Crippen molar-refractivity contribution in [2.24, 2.45) is 5.92 Å². The van der Waals surface area contributed by atoms with Crippen LogP contribution in [0.4, 0.5) is 0 Å². The van der Waals surface area contributed by atoms with Crippen molar-refractivity contribution in [3.8, 4) is 0 Å². The second kappa shape index (κ2) is 5.97. The molecule has 0 radical (unpaired) electrons. The first-order chi connectivity index (χ1) is 12.2. The van der Waals surface area contributed by atoms with Gasteiger partial charge in [-0.3, -0.25) is 9.78 Å². The van der Waals surface area contributed by atoms with E-state index >= 15 is 0 Å². The van der Waals surface area contributed by atoms with Crippen LogP contribution in [0, 0.1) is 12.8 Å². The molecule has 0 N–H and O–H groups in total. The number of fused-ring (bicyclic) bond motifs is 1. The maximum atomic E-state index is 13.0. The minimum Gasteiger partial charge on any atom is -0.365 e. The Morgan fingerprint density at radius 3 is 2.77 bits per heavy atom. The number of sulfonamides is 1. The minimum atomic E-state index is -3.40. The average Bonchev–Trinajstić information content (AvgIpc) is 2.93. The molecule has 3 aliphatic rings. The molecule has 0 aliphatic carbocycles. The van der Waals surface area contributed by atoms with Gasteiger partial charge in [-0.2, -0.15) is 4.31 Å². The molecule has 4 heterocycles. The van der Waals surface area contributed by atoms with Crippen LogP contribution in [0.3, 0.4) is 0 Å². The van der Waals surface area contributed by atoms with Gasteiger partial charge in [-0.25, -0.2) is 13.4 Å². The van der Waals surface area contributed by atoms with Crippen molar-refractivity contribution in [1.29, 1.82) is 0 Å². The third-order valence-electron chi connectivity index (χ3n) is 5.37. The summed E-state index contributed by atoms with van der Waals surface area (Å²) in [5.74, 6) is 0.0190. The van der Waals surface area contributed by atoms with E-state index in [4.69, 9.17) is 4.74 Å². The number of morpholine rings is 1. The minimum absolute atomic E-state index is 0.217. The summed E-state index contributed by atoms with van der Waals surface area (Å²) in [6.45, 7) is 7.27. The van der Waals surface area contributed by atoms with Gasteiger partial charge in [0.25, 0.3) is 5.91 Å². The number of carbonyl (C=O) groups excluding carboxylic acids is 1. The lowest BCUT2D eigenvalue weighted by molar-refractivity contribution is -0.0980. The first-order valence-corrected chi connectivity index (χ1v) is 10.5. The lowest BCUT2D eigenvalue weighted by Crippen LogP contribution is -2.56. The number of amides is 1. The fourth-order valence-electron chi connectivity index (χ4n) is 4.34. The number of aromatic nitrogens is 2. The topological polar surface area (TPSA) is 92.7 Å². The summed E-state index contributed by atoms with van der Waals surface area (Å²) in [6.07, 6.45) is 3.24. The predicted molar refractivity (Wildman–Crippen MR) is 94.0 cm³/mol. The zero-order chi connectivity index (χ0) is 18.7. The zero-order valence-electron chi connectivity index (χ0n) is 15.3. The fourth-order valence-corrected chi connectivity index (χ4v) is 6.81. The normalized spacial score (nSPS) is 32.8. The summed E-state index contributed by atoms with van der Waals surface area (Å²) < 4.78 is 33.6. The molecule has 2 bridgehead atoms. The van der Waals surface area contributed by atoms with E-state index in [1.165, 1.54) is 10.5 Å². The molecule has 4 rings (SSSR count). The van der Waals surface area contributed by atoms with E-state index in [0.717, 1.165) is 5.69 Å². The largest absolute Gasteiger partial charge is 0.365 e. The lowest BCUT2D eigenvalue weighted by atomic mass is 9.99. The standard InChI is InChI=1S/C17H24N4O4S/c1-11(2)7-21-10-17-9-20(16(22)14-6-18-12(3)5-19-14)8-13(25-17)4-15(17)26(21,23)24/h5-6,11,13,15H,4,7-10H2,1-3H3/t13-,15-,17-/m1/s1. The quantitative estimate of drug-likeness (QED) is 0.755. The molecule has 1 amide bonds. The molecule has 3 aliphatic heterocycles. The molecular formula is C17H24N4O4S. The van der Waals surface area contributed by atoms with E-state index in [-0.39, 0.29) is 30.2 Å². The molecule has 0 aromatic carbocycles. The number of hydrogen-bond acceptors (Lipinski definition) is 6. The molecule has 1 aromatic rings. The van der Waals surface area contributed by atoms with Gasteiger partial charge in [0.1, 0.15) is 16.5 Å². The Balaban J connectivity index is 1.60. The van der Waals surface area contributed by atoms with Crippen LogP contribution in [0.25, 0.3) is 0 Å². The highest BCUT2D eigenvalue weighted by molar-refractivity contribution is 7.90. The number of ether oxygens (including phenoxy) is 1. The van der Waals surface area contributed by atoms with E-state index in [1.807, 2.05) is 20.8 Å². The smallest absolute Gasteiger partial charge is 0.274 e. The van der Waals surface area contributed by atoms with Crippen LogP contribution in [0.5, 0.6) is 0 Å². The Morgan fingerprint density at radius 1 is 1.35 bits per heavy atom. The van der Waals surface area contributed by atoms with Crippen LogP contribution in [0.2, 0.25) is 0 Å². The Morgan fingerprint density at radius 2 is 2.12 bits per heavy atom. The maximum absolute atomic E-state index is 13.0. The summed E-state index contributed by atoms with van der Waals surface area (Å²) in [5, 5.41) is -0.569. The van der Waals surface area contributed by atoms with E-state index in [1.54, 1.807) is 11.1 Å². The van der Waals surface area contributed by atoms with Crippen LogP contribution in [-0.2, 0) is 14.8 Å². The van der Waals surface area contributed by atoms with Gasteiger partial charge in [-0.1, -0.05) is 13.8 Å². The average molecular weight is 380 g/mol. The van der Waals surface area contributed by atoms with Crippen molar-refractivity contribution >= 4 is 15.9 Å². The van der Waals surface area contributed by atoms with Crippen LogP contribution >= 0.6 is 0 Å². The van der Waals surface area contributed by atoms with E-state index < -0.39 is 20.9 Å². The van der Waals surface area contributed by atoms with Gasteiger partial charge in [-0.05, 0) is 19.3 Å². The Labute approximate surface area is 153 Å². The first kappa shape index (κ1) is 17.8. The van der Waals surface area contributed by atoms with Crippen LogP contribution < -0.4 is 0 Å². The summed E-state index contributed by atoms with van der Waals surface area (Å²) in [4.78, 5) is 22.8. The summed E-state index contributed by atoms with van der Waals surface area (Å²) >= 11 is 0. The number of carbonyl (C=O) groups is 1. The van der Waals surface area contributed by atoms with Crippen molar-refractivity contribution in [1.82, 2.24) is 19.2 Å². The van der Waals surface area contributed by atoms with Crippen LogP contribution in [0.15, 0.2) is 12.4 Å². The fraction of sp³-hybridized carbons (Fsp3) is 0.706. The van der Waals surface area contributed by atoms with Crippen molar-refractivity contribution in [3.63, 3.8) is 0 Å². The summed E-state index contributed by atoms with van der Waals surface area (Å²) in [5.41, 5.74) is 0.197. The molecule has 3 fully saturated rings. The third kappa shape index (κ3) is 2.73. The van der Waals surface area contributed by atoms with E-state index in [9.17, 15) is 13.2 Å². The first-order valence-electron chi connectivity index (χ1n) is 8.96. The van der Waals surface area contributed by atoms with Crippen molar-refractivity contribution in [2.45, 2.75) is 44.1 Å². The highest BCUT2D eigenvalue weighted by atomic mass is 32.2. The van der Waals surface area contributed by atoms with Gasteiger partial charge in [0.05, 0.1) is 24.5 Å². The van der Waals surface area contributed by atoms with Gasteiger partial charge in [-0.15, -0.1) is 0 Å². The highest BCUT2D eigenvalue weighted by Crippen LogP contribution is 2.46. The Kier molecular flexibility index (Phi) is 4.09. The maximum Gasteiger partial charge on any atom is 0.274 e. The lowest BCUT2D eigenvalue weighted by Gasteiger charge is -2.39. The highest BCUT2D eigenvalue weighted by Gasteiger charge is 2.65.